The average molecular weight is 154 g/mol. The summed E-state index contributed by atoms with van der Waals surface area (Å²) in [5.41, 5.74) is 0. The fourth-order valence-electron chi connectivity index (χ4n) is 0. The zero-order valence-corrected chi connectivity index (χ0v) is 2.99. The Bertz CT molecular complexity index is 87.8. The van der Waals surface area contributed by atoms with Gasteiger partial charge in [0.2, 0.25) is 0 Å². The summed E-state index contributed by atoms with van der Waals surface area (Å²) in [6.45, 7) is 0. The van der Waals surface area contributed by atoms with E-state index >= 15 is 0 Å². The van der Waals surface area contributed by atoms with E-state index in [1.54, 1.807) is 0 Å². The molecular weight excluding hydrogens is 152 g/mol. The SMILES string of the molecule is O=C(O)C(F)(F)F.[KH]. The monoisotopic (exact) mass is 154 g/mol. The molecule has 0 heterocycles. The molecule has 0 bridgehead atoms. The van der Waals surface area contributed by atoms with Gasteiger partial charge in [0.1, 0.15) is 0 Å². The van der Waals surface area contributed by atoms with Gasteiger partial charge in [-0.1, -0.05) is 0 Å². The van der Waals surface area contributed by atoms with Crippen molar-refractivity contribution in [2.45, 2.75) is 6.18 Å². The molecule has 0 fully saturated rings. The summed E-state index contributed by atoms with van der Waals surface area (Å²) >= 11 is 0. The predicted octanol–water partition coefficient (Wildman–Crippen LogP) is -0.0152. The van der Waals surface area contributed by atoms with Crippen molar-refractivity contribution < 1.29 is 23.1 Å². The number of alkyl halides is 3. The van der Waals surface area contributed by atoms with Crippen molar-refractivity contribution in [3.05, 3.63) is 0 Å². The molecule has 0 aromatic carbocycles. The molecule has 0 radical (unpaired) electrons. The van der Waals surface area contributed by atoms with Crippen molar-refractivity contribution in [2.24, 2.45) is 0 Å². The third-order valence-corrected chi connectivity index (χ3v) is 0.243. The minimum absolute atomic E-state index is 0. The maximum atomic E-state index is 10.6. The summed E-state index contributed by atoms with van der Waals surface area (Å²) in [5, 5.41) is 7.12. The van der Waals surface area contributed by atoms with Gasteiger partial charge in [-0.25, -0.2) is 4.79 Å². The standard InChI is InChI=1S/C2HF3O2.K.H/c3-2(4,5)1(6)7;;/h(H,6,7);;. The van der Waals surface area contributed by atoms with Gasteiger partial charge in [0.25, 0.3) is 0 Å². The van der Waals surface area contributed by atoms with Crippen molar-refractivity contribution in [2.75, 3.05) is 0 Å². The summed E-state index contributed by atoms with van der Waals surface area (Å²) < 4.78 is 31.7. The first-order valence-corrected chi connectivity index (χ1v) is 1.24. The van der Waals surface area contributed by atoms with E-state index in [1.165, 1.54) is 0 Å². The van der Waals surface area contributed by atoms with Crippen molar-refractivity contribution in [3.63, 3.8) is 0 Å². The number of rotatable bonds is 0. The van der Waals surface area contributed by atoms with Gasteiger partial charge in [0.15, 0.2) is 0 Å². The predicted molar refractivity (Wildman–Crippen MR) is 20.8 cm³/mol. The summed E-state index contributed by atoms with van der Waals surface area (Å²) in [7, 11) is 0. The molecule has 1 N–H and O–H groups in total. The molecule has 6 heteroatoms. The molecule has 0 aliphatic heterocycles. The summed E-state index contributed by atoms with van der Waals surface area (Å²) in [5.74, 6) is -2.76. The van der Waals surface area contributed by atoms with Crippen LogP contribution in [-0.2, 0) is 4.79 Å². The van der Waals surface area contributed by atoms with Crippen LogP contribution < -0.4 is 0 Å². The third-order valence-electron chi connectivity index (χ3n) is 0.243. The normalized spacial score (nSPS) is 9.88. The number of carboxylic acids is 1. The number of carboxylic acid groups (broad SMARTS) is 1. The summed E-state index contributed by atoms with van der Waals surface area (Å²) in [6.07, 6.45) is -5.08. The molecule has 0 rings (SSSR count). The molecule has 0 aromatic heterocycles. The Morgan fingerprint density at radius 1 is 1.38 bits per heavy atom. The Morgan fingerprint density at radius 3 is 1.50 bits per heavy atom. The minimum atomic E-state index is -5.08. The van der Waals surface area contributed by atoms with Gasteiger partial charge >= 0.3 is 63.5 Å². The number of aliphatic carboxylic acids is 1. The van der Waals surface area contributed by atoms with Crippen LogP contribution in [0.4, 0.5) is 13.2 Å². The molecule has 0 spiro atoms. The van der Waals surface area contributed by atoms with Gasteiger partial charge in [0, 0.05) is 0 Å². The van der Waals surface area contributed by atoms with Crippen LogP contribution in [0, 0.1) is 0 Å². The fourth-order valence-corrected chi connectivity index (χ4v) is 0. The molecule has 0 saturated carbocycles. The molecule has 44 valence electrons. The second-order valence-corrected chi connectivity index (χ2v) is 0.803. The maximum absolute atomic E-state index is 10.6. The summed E-state index contributed by atoms with van der Waals surface area (Å²) in [4.78, 5) is 8.90. The van der Waals surface area contributed by atoms with Gasteiger partial charge in [-0.15, -0.1) is 0 Å². The zero-order valence-electron chi connectivity index (χ0n) is 2.99. The second-order valence-electron chi connectivity index (χ2n) is 0.803. The average Bonchev–Trinajstić information content (AvgIpc) is 1.31. The second kappa shape index (κ2) is 3.83. The molecule has 0 unspecified atom stereocenters. The first-order chi connectivity index (χ1) is 2.94. The van der Waals surface area contributed by atoms with Crippen molar-refractivity contribution in [3.8, 4) is 0 Å². The Balaban J connectivity index is 0. The van der Waals surface area contributed by atoms with E-state index in [1.807, 2.05) is 0 Å². The third kappa shape index (κ3) is 5.04. The molecule has 0 saturated heterocycles. The summed E-state index contributed by atoms with van der Waals surface area (Å²) in [6, 6.07) is 0. The van der Waals surface area contributed by atoms with E-state index in [9.17, 15) is 13.2 Å². The number of hydrogen-bond acceptors (Lipinski definition) is 1. The van der Waals surface area contributed by atoms with E-state index in [0.717, 1.165) is 0 Å². The van der Waals surface area contributed by atoms with Crippen LogP contribution in [0.15, 0.2) is 0 Å². The molecular formula is C2H2F3KO2. The molecule has 2 nitrogen and oxygen atoms in total. The van der Waals surface area contributed by atoms with Crippen molar-refractivity contribution >= 4 is 57.4 Å². The number of carbonyl (C=O) groups is 1. The van der Waals surface area contributed by atoms with E-state index in [-0.39, 0.29) is 51.4 Å². The van der Waals surface area contributed by atoms with Crippen LogP contribution in [0.5, 0.6) is 0 Å². The van der Waals surface area contributed by atoms with Crippen LogP contribution >= 0.6 is 0 Å². The molecule has 8 heavy (non-hydrogen) atoms. The van der Waals surface area contributed by atoms with E-state index in [4.69, 9.17) is 9.90 Å². The van der Waals surface area contributed by atoms with Gasteiger partial charge in [0.05, 0.1) is 0 Å². The fraction of sp³-hybridized carbons (Fsp3) is 0.500. The number of halogens is 3. The Morgan fingerprint density at radius 2 is 1.50 bits per heavy atom. The molecule has 0 aliphatic carbocycles. The molecule has 0 aliphatic rings. The van der Waals surface area contributed by atoms with Gasteiger partial charge in [-0.3, -0.25) is 0 Å². The quantitative estimate of drug-likeness (QED) is 0.498. The molecule has 0 aromatic rings. The first-order valence-electron chi connectivity index (χ1n) is 1.24. The van der Waals surface area contributed by atoms with Gasteiger partial charge in [-0.05, 0) is 0 Å². The Hall–Kier alpha value is 0.896. The zero-order chi connectivity index (χ0) is 6.08. The topological polar surface area (TPSA) is 37.3 Å². The van der Waals surface area contributed by atoms with E-state index < -0.39 is 12.1 Å². The van der Waals surface area contributed by atoms with E-state index in [2.05, 4.69) is 0 Å². The van der Waals surface area contributed by atoms with Crippen molar-refractivity contribution in [1.82, 2.24) is 0 Å². The van der Waals surface area contributed by atoms with Crippen LogP contribution in [0.3, 0.4) is 0 Å². The van der Waals surface area contributed by atoms with Crippen LogP contribution in [0.1, 0.15) is 0 Å². The van der Waals surface area contributed by atoms with Crippen LogP contribution in [-0.4, -0.2) is 68.6 Å². The number of hydrogen-bond donors (Lipinski definition) is 1. The Kier molecular flexibility index (Phi) is 5.59. The van der Waals surface area contributed by atoms with Gasteiger partial charge < -0.3 is 5.11 Å². The molecule has 0 amide bonds. The van der Waals surface area contributed by atoms with Crippen LogP contribution in [0.2, 0.25) is 0 Å². The van der Waals surface area contributed by atoms with Crippen molar-refractivity contribution in [1.29, 1.82) is 0 Å². The Labute approximate surface area is 85.5 Å². The van der Waals surface area contributed by atoms with E-state index in [0.29, 0.717) is 0 Å². The molecule has 0 atom stereocenters. The van der Waals surface area contributed by atoms with Crippen LogP contribution in [0.25, 0.3) is 0 Å². The van der Waals surface area contributed by atoms with Gasteiger partial charge in [-0.2, -0.15) is 13.2 Å². The first kappa shape index (κ1) is 11.7.